The molecule has 1 heterocycles. The van der Waals surface area contributed by atoms with Gasteiger partial charge in [0.2, 0.25) is 10.0 Å². The molecule has 0 atom stereocenters. The van der Waals surface area contributed by atoms with E-state index in [9.17, 15) is 8.42 Å². The molecule has 1 saturated heterocycles. The van der Waals surface area contributed by atoms with E-state index in [0.29, 0.717) is 13.1 Å². The van der Waals surface area contributed by atoms with Gasteiger partial charge in [-0.15, -0.1) is 24.0 Å². The average molecular weight is 390 g/mol. The molecular formula is C10H23IN4O2S. The Labute approximate surface area is 127 Å². The van der Waals surface area contributed by atoms with E-state index >= 15 is 0 Å². The van der Waals surface area contributed by atoms with Gasteiger partial charge in [-0.05, 0) is 19.8 Å². The van der Waals surface area contributed by atoms with Crippen LogP contribution >= 0.6 is 24.0 Å². The van der Waals surface area contributed by atoms with Crippen LogP contribution in [0.5, 0.6) is 0 Å². The Morgan fingerprint density at radius 1 is 1.33 bits per heavy atom. The second-order valence-electron chi connectivity index (χ2n) is 4.10. The molecule has 1 aliphatic rings. The first-order valence-corrected chi connectivity index (χ1v) is 7.90. The fourth-order valence-corrected chi connectivity index (χ4v) is 2.21. The van der Waals surface area contributed by atoms with Crippen molar-refractivity contribution in [3.05, 3.63) is 0 Å². The summed E-state index contributed by atoms with van der Waals surface area (Å²) in [4.78, 5) is 6.62. The summed E-state index contributed by atoms with van der Waals surface area (Å²) in [7, 11) is -3.11. The fraction of sp³-hybridized carbons (Fsp3) is 0.900. The fourth-order valence-electron chi connectivity index (χ4n) is 1.75. The minimum absolute atomic E-state index is 0. The first-order valence-electron chi connectivity index (χ1n) is 6.01. The van der Waals surface area contributed by atoms with Gasteiger partial charge in [0.1, 0.15) is 0 Å². The highest BCUT2D eigenvalue weighted by Gasteiger charge is 2.15. The molecule has 1 rings (SSSR count). The summed E-state index contributed by atoms with van der Waals surface area (Å²) < 4.78 is 24.2. The van der Waals surface area contributed by atoms with Gasteiger partial charge in [0.15, 0.2) is 5.96 Å². The lowest BCUT2D eigenvalue weighted by molar-refractivity contribution is 0.493. The monoisotopic (exact) mass is 390 g/mol. The molecular weight excluding hydrogens is 367 g/mol. The maximum absolute atomic E-state index is 10.9. The molecule has 0 unspecified atom stereocenters. The van der Waals surface area contributed by atoms with E-state index in [2.05, 4.69) is 19.9 Å². The van der Waals surface area contributed by atoms with Crippen molar-refractivity contribution in [3.8, 4) is 0 Å². The molecule has 2 N–H and O–H groups in total. The highest BCUT2D eigenvalue weighted by atomic mass is 127. The number of aliphatic imine (C=N–C) groups is 1. The molecule has 6 nitrogen and oxygen atoms in total. The van der Waals surface area contributed by atoms with E-state index in [-0.39, 0.29) is 24.0 Å². The highest BCUT2D eigenvalue weighted by molar-refractivity contribution is 14.0. The number of guanidine groups is 1. The third-order valence-electron chi connectivity index (χ3n) is 2.48. The Bertz CT molecular complexity index is 353. The van der Waals surface area contributed by atoms with Crippen LogP contribution in [0.15, 0.2) is 4.99 Å². The molecule has 0 amide bonds. The van der Waals surface area contributed by atoms with Gasteiger partial charge in [-0.3, -0.25) is 4.99 Å². The summed E-state index contributed by atoms with van der Waals surface area (Å²) >= 11 is 0. The van der Waals surface area contributed by atoms with Gasteiger partial charge in [-0.25, -0.2) is 13.1 Å². The summed E-state index contributed by atoms with van der Waals surface area (Å²) in [5.74, 6) is 0.889. The molecule has 0 aromatic carbocycles. The number of halogens is 1. The maximum Gasteiger partial charge on any atom is 0.208 e. The zero-order valence-electron chi connectivity index (χ0n) is 11.0. The molecule has 8 heteroatoms. The van der Waals surface area contributed by atoms with Gasteiger partial charge in [-0.1, -0.05) is 0 Å². The standard InChI is InChI=1S/C10H22N4O2S.HI/c1-3-11-10(14-8-4-5-9-14)12-6-7-13-17(2,15)16;/h13H,3-9H2,1-2H3,(H,11,12);1H. The summed E-state index contributed by atoms with van der Waals surface area (Å²) in [5, 5.41) is 3.22. The van der Waals surface area contributed by atoms with Crippen LogP contribution in [-0.2, 0) is 10.0 Å². The smallest absolute Gasteiger partial charge is 0.208 e. The Morgan fingerprint density at radius 2 is 1.94 bits per heavy atom. The normalized spacial score (nSPS) is 16.6. The van der Waals surface area contributed by atoms with Crippen molar-refractivity contribution in [2.24, 2.45) is 4.99 Å². The highest BCUT2D eigenvalue weighted by Crippen LogP contribution is 2.07. The van der Waals surface area contributed by atoms with E-state index in [1.807, 2.05) is 6.92 Å². The van der Waals surface area contributed by atoms with Gasteiger partial charge in [0.05, 0.1) is 12.8 Å². The van der Waals surface area contributed by atoms with Gasteiger partial charge >= 0.3 is 0 Å². The van der Waals surface area contributed by atoms with E-state index < -0.39 is 10.0 Å². The molecule has 0 bridgehead atoms. The molecule has 18 heavy (non-hydrogen) atoms. The van der Waals surface area contributed by atoms with Crippen LogP contribution in [0.2, 0.25) is 0 Å². The third-order valence-corrected chi connectivity index (χ3v) is 3.21. The van der Waals surface area contributed by atoms with Crippen molar-refractivity contribution >= 4 is 40.0 Å². The molecule has 0 aromatic rings. The number of nitrogens with one attached hydrogen (secondary N) is 2. The summed E-state index contributed by atoms with van der Waals surface area (Å²) in [5.41, 5.74) is 0. The zero-order chi connectivity index (χ0) is 12.7. The predicted octanol–water partition coefficient (Wildman–Crippen LogP) is 0.215. The van der Waals surface area contributed by atoms with Crippen molar-refractivity contribution in [2.45, 2.75) is 19.8 Å². The number of nitrogens with zero attached hydrogens (tertiary/aromatic N) is 2. The minimum atomic E-state index is -3.11. The van der Waals surface area contributed by atoms with Crippen LogP contribution in [0.3, 0.4) is 0 Å². The Balaban J connectivity index is 0.00000289. The molecule has 0 aliphatic carbocycles. The Kier molecular flexibility index (Phi) is 8.87. The summed E-state index contributed by atoms with van der Waals surface area (Å²) in [6.07, 6.45) is 3.56. The Hall–Kier alpha value is -0.0900. The minimum Gasteiger partial charge on any atom is -0.357 e. The van der Waals surface area contributed by atoms with Gasteiger partial charge in [0.25, 0.3) is 0 Å². The Morgan fingerprint density at radius 3 is 2.44 bits per heavy atom. The van der Waals surface area contributed by atoms with Crippen molar-refractivity contribution < 1.29 is 8.42 Å². The van der Waals surface area contributed by atoms with Crippen molar-refractivity contribution in [2.75, 3.05) is 39.0 Å². The molecule has 108 valence electrons. The second kappa shape index (κ2) is 8.92. The first-order chi connectivity index (χ1) is 8.03. The number of sulfonamides is 1. The maximum atomic E-state index is 10.9. The zero-order valence-corrected chi connectivity index (χ0v) is 14.1. The quantitative estimate of drug-likeness (QED) is 0.305. The number of hydrogen-bond acceptors (Lipinski definition) is 3. The number of hydrogen-bond donors (Lipinski definition) is 2. The lowest BCUT2D eigenvalue weighted by atomic mass is 10.4. The van der Waals surface area contributed by atoms with Gasteiger partial charge < -0.3 is 10.2 Å². The largest absolute Gasteiger partial charge is 0.357 e. The second-order valence-corrected chi connectivity index (χ2v) is 5.93. The molecule has 1 aliphatic heterocycles. The molecule has 0 radical (unpaired) electrons. The lowest BCUT2D eigenvalue weighted by Crippen LogP contribution is -2.40. The van der Waals surface area contributed by atoms with E-state index in [1.54, 1.807) is 0 Å². The van der Waals surface area contributed by atoms with Crippen molar-refractivity contribution in [3.63, 3.8) is 0 Å². The molecule has 0 saturated carbocycles. The lowest BCUT2D eigenvalue weighted by Gasteiger charge is -2.20. The van der Waals surface area contributed by atoms with Gasteiger partial charge in [-0.2, -0.15) is 0 Å². The van der Waals surface area contributed by atoms with Crippen LogP contribution in [0.4, 0.5) is 0 Å². The van der Waals surface area contributed by atoms with Crippen LogP contribution in [-0.4, -0.2) is 58.3 Å². The first kappa shape index (κ1) is 17.9. The molecule has 0 spiro atoms. The van der Waals surface area contributed by atoms with Crippen LogP contribution in [0.25, 0.3) is 0 Å². The van der Waals surface area contributed by atoms with E-state index in [4.69, 9.17) is 0 Å². The number of likely N-dealkylation sites (tertiary alicyclic amines) is 1. The molecule has 0 aromatic heterocycles. The van der Waals surface area contributed by atoms with Crippen LogP contribution < -0.4 is 10.0 Å². The third kappa shape index (κ3) is 7.37. The summed E-state index contributed by atoms with van der Waals surface area (Å²) in [6, 6.07) is 0. The number of rotatable bonds is 5. The van der Waals surface area contributed by atoms with Crippen LogP contribution in [0, 0.1) is 0 Å². The van der Waals surface area contributed by atoms with Gasteiger partial charge in [0, 0.05) is 26.2 Å². The predicted molar refractivity (Wildman–Crippen MR) is 85.0 cm³/mol. The topological polar surface area (TPSA) is 73.8 Å². The molecule has 1 fully saturated rings. The summed E-state index contributed by atoms with van der Waals surface area (Å²) in [6.45, 7) is 5.74. The van der Waals surface area contributed by atoms with E-state index in [0.717, 1.165) is 31.8 Å². The average Bonchev–Trinajstić information content (AvgIpc) is 2.74. The SMILES string of the molecule is CCNC(=NCCNS(C)(=O)=O)N1CCCC1.I. The van der Waals surface area contributed by atoms with Crippen LogP contribution in [0.1, 0.15) is 19.8 Å². The van der Waals surface area contributed by atoms with E-state index in [1.165, 1.54) is 12.8 Å². The van der Waals surface area contributed by atoms with Crippen molar-refractivity contribution in [1.82, 2.24) is 14.9 Å². The van der Waals surface area contributed by atoms with Crippen molar-refractivity contribution in [1.29, 1.82) is 0 Å².